The van der Waals surface area contributed by atoms with Crippen molar-refractivity contribution in [3.05, 3.63) is 0 Å². The van der Waals surface area contributed by atoms with Crippen LogP contribution in [0, 0.1) is 0 Å². The highest BCUT2D eigenvalue weighted by atomic mass is 16.5. The summed E-state index contributed by atoms with van der Waals surface area (Å²) in [7, 11) is 4.09. The summed E-state index contributed by atoms with van der Waals surface area (Å²) in [4.78, 5) is 13.9. The Balaban J connectivity index is 3.45. The van der Waals surface area contributed by atoms with Gasteiger partial charge in [0.25, 0.3) is 0 Å². The van der Waals surface area contributed by atoms with E-state index in [-0.39, 0.29) is 12.0 Å². The number of amides is 1. The summed E-state index contributed by atoms with van der Waals surface area (Å²) in [6, 6.07) is 0.395. The number of hydrazine groups is 1. The van der Waals surface area contributed by atoms with E-state index < -0.39 is 0 Å². The number of hydrogen-bond donors (Lipinski definition) is 3. The molecule has 0 radical (unpaired) electrons. The number of hydrogen-bond acceptors (Lipinski definition) is 5. The molecule has 0 saturated carbocycles. The minimum atomic E-state index is 0.124. The average Bonchev–Trinajstić information content (AvgIpc) is 2.52. The van der Waals surface area contributed by atoms with E-state index in [0.29, 0.717) is 19.1 Å². The molecule has 0 aromatic rings. The SMILES string of the molecule is CC(CCC(=O)NCCCCCCCNN)OCC(C)N(C)C. The summed E-state index contributed by atoms with van der Waals surface area (Å²) in [5, 5.41) is 2.99. The zero-order chi connectivity index (χ0) is 17.5. The van der Waals surface area contributed by atoms with Crippen LogP contribution in [-0.4, -0.2) is 56.7 Å². The summed E-state index contributed by atoms with van der Waals surface area (Å²) in [5.41, 5.74) is 2.66. The minimum absolute atomic E-state index is 0.124. The van der Waals surface area contributed by atoms with Gasteiger partial charge in [-0.15, -0.1) is 0 Å². The van der Waals surface area contributed by atoms with Gasteiger partial charge in [0.05, 0.1) is 12.7 Å². The van der Waals surface area contributed by atoms with Crippen LogP contribution >= 0.6 is 0 Å². The molecule has 0 spiro atoms. The predicted molar refractivity (Wildman–Crippen MR) is 96.1 cm³/mol. The minimum Gasteiger partial charge on any atom is -0.377 e. The van der Waals surface area contributed by atoms with Crippen molar-refractivity contribution in [1.82, 2.24) is 15.6 Å². The van der Waals surface area contributed by atoms with Gasteiger partial charge in [0.2, 0.25) is 5.91 Å². The monoisotopic (exact) mass is 330 g/mol. The molecule has 0 aliphatic carbocycles. The van der Waals surface area contributed by atoms with Gasteiger partial charge in [-0.3, -0.25) is 16.1 Å². The van der Waals surface area contributed by atoms with Crippen molar-refractivity contribution in [3.63, 3.8) is 0 Å². The van der Waals surface area contributed by atoms with Crippen molar-refractivity contribution >= 4 is 5.91 Å². The third-order valence-corrected chi connectivity index (χ3v) is 4.10. The molecule has 0 heterocycles. The number of unbranched alkanes of at least 4 members (excludes halogenated alkanes) is 4. The molecule has 0 aliphatic heterocycles. The van der Waals surface area contributed by atoms with Gasteiger partial charge in [0, 0.05) is 25.6 Å². The van der Waals surface area contributed by atoms with Crippen LogP contribution in [0.3, 0.4) is 0 Å². The van der Waals surface area contributed by atoms with Gasteiger partial charge in [0.15, 0.2) is 0 Å². The molecule has 0 saturated heterocycles. The van der Waals surface area contributed by atoms with Crippen molar-refractivity contribution in [1.29, 1.82) is 0 Å². The van der Waals surface area contributed by atoms with E-state index in [1.165, 1.54) is 12.8 Å². The van der Waals surface area contributed by atoms with Gasteiger partial charge in [0.1, 0.15) is 0 Å². The molecule has 6 nitrogen and oxygen atoms in total. The van der Waals surface area contributed by atoms with Crippen molar-refractivity contribution in [2.45, 2.75) is 70.9 Å². The number of nitrogens with zero attached hydrogens (tertiary/aromatic N) is 1. The topological polar surface area (TPSA) is 79.6 Å². The van der Waals surface area contributed by atoms with E-state index in [0.717, 1.165) is 38.8 Å². The first kappa shape index (κ1) is 22.3. The molecular weight excluding hydrogens is 292 g/mol. The maximum absolute atomic E-state index is 11.8. The van der Waals surface area contributed by atoms with Crippen LogP contribution in [0.1, 0.15) is 58.8 Å². The summed E-state index contributed by atoms with van der Waals surface area (Å²) < 4.78 is 5.77. The quantitative estimate of drug-likeness (QED) is 0.242. The second-order valence-corrected chi connectivity index (χ2v) is 6.57. The zero-order valence-corrected chi connectivity index (χ0v) is 15.6. The molecule has 0 aromatic carbocycles. The molecule has 0 rings (SSSR count). The lowest BCUT2D eigenvalue weighted by atomic mass is 10.1. The van der Waals surface area contributed by atoms with Crippen LogP contribution in [0.25, 0.3) is 0 Å². The van der Waals surface area contributed by atoms with E-state index in [9.17, 15) is 4.79 Å². The van der Waals surface area contributed by atoms with Gasteiger partial charge < -0.3 is 15.0 Å². The summed E-state index contributed by atoms with van der Waals surface area (Å²) in [5.74, 6) is 5.34. The van der Waals surface area contributed by atoms with Crippen molar-refractivity contribution < 1.29 is 9.53 Å². The molecule has 23 heavy (non-hydrogen) atoms. The number of carbonyl (C=O) groups excluding carboxylic acids is 1. The number of nitrogens with two attached hydrogens (primary N) is 1. The first-order valence-corrected chi connectivity index (χ1v) is 8.95. The lowest BCUT2D eigenvalue weighted by Gasteiger charge is -2.22. The molecule has 2 atom stereocenters. The highest BCUT2D eigenvalue weighted by Gasteiger charge is 2.10. The number of ether oxygens (including phenoxy) is 1. The molecule has 2 unspecified atom stereocenters. The Morgan fingerprint density at radius 3 is 2.30 bits per heavy atom. The largest absolute Gasteiger partial charge is 0.377 e. The summed E-state index contributed by atoms with van der Waals surface area (Å²) in [6.45, 7) is 6.53. The lowest BCUT2D eigenvalue weighted by Crippen LogP contribution is -2.31. The maximum atomic E-state index is 11.8. The molecular formula is C17H38N4O2. The number of likely N-dealkylation sites (N-methyl/N-ethyl adjacent to an activating group) is 1. The van der Waals surface area contributed by atoms with Crippen molar-refractivity contribution in [2.24, 2.45) is 5.84 Å². The average molecular weight is 331 g/mol. The Morgan fingerprint density at radius 2 is 1.70 bits per heavy atom. The van der Waals surface area contributed by atoms with Crippen molar-refractivity contribution in [3.8, 4) is 0 Å². The third-order valence-electron chi connectivity index (χ3n) is 4.10. The Labute approximate surface area is 142 Å². The highest BCUT2D eigenvalue weighted by Crippen LogP contribution is 2.05. The molecule has 6 heteroatoms. The number of nitrogens with one attached hydrogen (secondary N) is 2. The third kappa shape index (κ3) is 14.6. The van der Waals surface area contributed by atoms with Gasteiger partial charge in [-0.05, 0) is 47.2 Å². The Kier molecular flexibility index (Phi) is 14.4. The fourth-order valence-electron chi connectivity index (χ4n) is 2.07. The fourth-order valence-corrected chi connectivity index (χ4v) is 2.07. The Morgan fingerprint density at radius 1 is 1.09 bits per heavy atom. The standard InChI is InChI=1S/C17H38N4O2/c1-15(21(3)4)14-23-16(2)10-11-17(22)19-12-8-6-5-7-9-13-20-18/h15-16,20H,5-14,18H2,1-4H3,(H,19,22). The van der Waals surface area contributed by atoms with Crippen LogP contribution < -0.4 is 16.6 Å². The zero-order valence-electron chi connectivity index (χ0n) is 15.6. The van der Waals surface area contributed by atoms with Crippen LogP contribution in [0.15, 0.2) is 0 Å². The van der Waals surface area contributed by atoms with Gasteiger partial charge >= 0.3 is 0 Å². The van der Waals surface area contributed by atoms with E-state index >= 15 is 0 Å². The van der Waals surface area contributed by atoms with Crippen LogP contribution in [0.4, 0.5) is 0 Å². The van der Waals surface area contributed by atoms with E-state index in [4.69, 9.17) is 10.6 Å². The summed E-state index contributed by atoms with van der Waals surface area (Å²) >= 11 is 0. The summed E-state index contributed by atoms with van der Waals surface area (Å²) in [6.07, 6.45) is 7.16. The molecule has 0 bridgehead atoms. The second kappa shape index (κ2) is 14.9. The van der Waals surface area contributed by atoms with Gasteiger partial charge in [-0.2, -0.15) is 0 Å². The highest BCUT2D eigenvalue weighted by molar-refractivity contribution is 5.75. The Hall–Kier alpha value is -0.690. The number of carbonyl (C=O) groups is 1. The predicted octanol–water partition coefficient (Wildman–Crippen LogP) is 1.65. The fraction of sp³-hybridized carbons (Fsp3) is 0.941. The molecule has 0 fully saturated rings. The molecule has 1 amide bonds. The maximum Gasteiger partial charge on any atom is 0.220 e. The van der Waals surface area contributed by atoms with Crippen LogP contribution in [-0.2, 0) is 9.53 Å². The second-order valence-electron chi connectivity index (χ2n) is 6.57. The first-order chi connectivity index (χ1) is 11.0. The molecule has 0 aromatic heterocycles. The van der Waals surface area contributed by atoms with Gasteiger partial charge in [-0.1, -0.05) is 19.3 Å². The van der Waals surface area contributed by atoms with Crippen molar-refractivity contribution in [2.75, 3.05) is 33.8 Å². The molecule has 138 valence electrons. The molecule has 4 N–H and O–H groups in total. The molecule has 0 aliphatic rings. The number of rotatable bonds is 15. The Bertz CT molecular complexity index is 288. The van der Waals surface area contributed by atoms with E-state index in [1.807, 2.05) is 21.0 Å². The van der Waals surface area contributed by atoms with Crippen LogP contribution in [0.2, 0.25) is 0 Å². The van der Waals surface area contributed by atoms with E-state index in [2.05, 4.69) is 22.6 Å². The first-order valence-electron chi connectivity index (χ1n) is 8.95. The smallest absolute Gasteiger partial charge is 0.220 e. The van der Waals surface area contributed by atoms with Gasteiger partial charge in [-0.25, -0.2) is 0 Å². The normalized spacial score (nSPS) is 14.0. The van der Waals surface area contributed by atoms with E-state index in [1.54, 1.807) is 0 Å². The lowest BCUT2D eigenvalue weighted by molar-refractivity contribution is -0.121. The van der Waals surface area contributed by atoms with Crippen LogP contribution in [0.5, 0.6) is 0 Å².